The van der Waals surface area contributed by atoms with E-state index in [0.717, 1.165) is 38.1 Å². The summed E-state index contributed by atoms with van der Waals surface area (Å²) in [5.74, 6) is 1.81. The predicted octanol–water partition coefficient (Wildman–Crippen LogP) is 3.44. The fraction of sp³-hybridized carbons (Fsp3) is 1.00. The first-order chi connectivity index (χ1) is 13.2. The van der Waals surface area contributed by atoms with Crippen LogP contribution in [0, 0.1) is 11.8 Å². The van der Waals surface area contributed by atoms with E-state index in [1.54, 1.807) is 7.11 Å². The Morgan fingerprint density at radius 2 is 1.57 bits per heavy atom. The number of methoxy groups -OCH3 is 1. The van der Waals surface area contributed by atoms with Gasteiger partial charge in [-0.1, -0.05) is 13.8 Å². The minimum atomic E-state index is 0.373. The predicted molar refractivity (Wildman–Crippen MR) is 120 cm³/mol. The lowest BCUT2D eigenvalue weighted by atomic mass is 9.87. The third-order valence-electron chi connectivity index (χ3n) is 6.19. The van der Waals surface area contributed by atoms with Gasteiger partial charge in [0, 0.05) is 45.4 Å². The zero-order valence-corrected chi connectivity index (χ0v) is 20.1. The first-order valence-electron chi connectivity index (χ1n) is 11.5. The molecule has 5 heteroatoms. The van der Waals surface area contributed by atoms with Crippen molar-refractivity contribution in [2.24, 2.45) is 11.8 Å². The molecular weight excluding hydrogens is 350 g/mol. The summed E-state index contributed by atoms with van der Waals surface area (Å²) in [5, 5.41) is 0. The molecule has 0 spiro atoms. The van der Waals surface area contributed by atoms with E-state index in [-0.39, 0.29) is 0 Å². The molecule has 2 aliphatic heterocycles. The van der Waals surface area contributed by atoms with Gasteiger partial charge in [-0.3, -0.25) is 4.90 Å². The van der Waals surface area contributed by atoms with E-state index >= 15 is 0 Å². The lowest BCUT2D eigenvalue weighted by molar-refractivity contribution is 0.0166. The third kappa shape index (κ3) is 10.0. The highest BCUT2D eigenvalue weighted by Crippen LogP contribution is 2.24. The van der Waals surface area contributed by atoms with Gasteiger partial charge in [0.25, 0.3) is 0 Å². The van der Waals surface area contributed by atoms with Crippen LogP contribution >= 0.6 is 0 Å². The highest BCUT2D eigenvalue weighted by Gasteiger charge is 2.26. The molecule has 0 aromatic rings. The van der Waals surface area contributed by atoms with E-state index in [1.807, 2.05) is 0 Å². The van der Waals surface area contributed by atoms with E-state index < -0.39 is 0 Å². The van der Waals surface area contributed by atoms with Gasteiger partial charge in [-0.2, -0.15) is 0 Å². The Bertz CT molecular complexity index is 379. The summed E-state index contributed by atoms with van der Waals surface area (Å²) in [5.41, 5.74) is 0. The fourth-order valence-electron chi connectivity index (χ4n) is 4.31. The van der Waals surface area contributed by atoms with Crippen molar-refractivity contribution in [3.05, 3.63) is 0 Å². The minimum Gasteiger partial charge on any atom is -0.383 e. The molecular formula is C23H49N3O2. The number of piperidine rings is 1. The van der Waals surface area contributed by atoms with Gasteiger partial charge in [-0.15, -0.1) is 0 Å². The van der Waals surface area contributed by atoms with Crippen LogP contribution in [-0.4, -0.2) is 99.5 Å². The van der Waals surface area contributed by atoms with Gasteiger partial charge >= 0.3 is 0 Å². The Labute approximate surface area is 175 Å². The average molecular weight is 400 g/mol. The molecule has 0 bridgehead atoms. The molecule has 1 unspecified atom stereocenters. The second-order valence-electron chi connectivity index (χ2n) is 9.55. The lowest BCUT2D eigenvalue weighted by Gasteiger charge is -2.42. The number of likely N-dealkylation sites (tertiary alicyclic amines) is 1. The second kappa shape index (κ2) is 13.9. The van der Waals surface area contributed by atoms with Gasteiger partial charge in [0.2, 0.25) is 0 Å². The quantitative estimate of drug-likeness (QED) is 0.623. The number of nitrogens with zero attached hydrogens (tertiary/aromatic N) is 3. The summed E-state index contributed by atoms with van der Waals surface area (Å²) in [6.45, 7) is 22.3. The molecule has 0 aliphatic carbocycles. The van der Waals surface area contributed by atoms with Crippen LogP contribution in [0.3, 0.4) is 0 Å². The molecule has 5 nitrogen and oxygen atoms in total. The Balaban J connectivity index is 0.000000283. The van der Waals surface area contributed by atoms with Gasteiger partial charge < -0.3 is 19.3 Å². The zero-order chi connectivity index (χ0) is 21.1. The van der Waals surface area contributed by atoms with Crippen LogP contribution < -0.4 is 0 Å². The molecule has 2 fully saturated rings. The van der Waals surface area contributed by atoms with Crippen molar-refractivity contribution in [1.29, 1.82) is 0 Å². The summed E-state index contributed by atoms with van der Waals surface area (Å²) >= 11 is 0. The van der Waals surface area contributed by atoms with E-state index in [9.17, 15) is 0 Å². The van der Waals surface area contributed by atoms with Crippen LogP contribution in [-0.2, 0) is 9.47 Å². The number of ether oxygens (including phenoxy) is 2. The molecule has 2 aliphatic rings. The van der Waals surface area contributed by atoms with Crippen molar-refractivity contribution in [2.45, 2.75) is 72.6 Å². The average Bonchev–Trinajstić information content (AvgIpc) is 2.62. The highest BCUT2D eigenvalue weighted by molar-refractivity contribution is 4.82. The molecule has 2 heterocycles. The minimum absolute atomic E-state index is 0.373. The Morgan fingerprint density at radius 3 is 2.07 bits per heavy atom. The molecule has 0 radical (unpaired) electrons. The monoisotopic (exact) mass is 399 g/mol. The topological polar surface area (TPSA) is 28.2 Å². The summed E-state index contributed by atoms with van der Waals surface area (Å²) in [4.78, 5) is 7.45. The fourth-order valence-corrected chi connectivity index (χ4v) is 4.31. The summed E-state index contributed by atoms with van der Waals surface area (Å²) < 4.78 is 10.8. The summed E-state index contributed by atoms with van der Waals surface area (Å²) in [6.07, 6.45) is 3.12. The standard InChI is InChI=1S/C13H27NO.C10H22N2O/c1-11(2)13-5-7-14(8-6-13)9-10-15-12(3)4;1-9(2)12-6-5-11(3)7-10(12)8-13-4/h11-13H,5-10H2,1-4H3;9-10H,5-8H2,1-4H3. The number of rotatable bonds is 8. The van der Waals surface area contributed by atoms with Gasteiger partial charge in [-0.05, 0) is 72.5 Å². The number of likely N-dealkylation sites (N-methyl/N-ethyl adjacent to an activating group) is 1. The second-order valence-corrected chi connectivity index (χ2v) is 9.55. The maximum Gasteiger partial charge on any atom is 0.0630 e. The summed E-state index contributed by atoms with van der Waals surface area (Å²) in [7, 11) is 3.97. The molecule has 2 saturated heterocycles. The van der Waals surface area contributed by atoms with Crippen LogP contribution in [0.25, 0.3) is 0 Å². The largest absolute Gasteiger partial charge is 0.383 e. The molecule has 0 N–H and O–H groups in total. The van der Waals surface area contributed by atoms with Gasteiger partial charge in [-0.25, -0.2) is 0 Å². The van der Waals surface area contributed by atoms with Crippen LogP contribution in [0.4, 0.5) is 0 Å². The maximum atomic E-state index is 5.58. The maximum absolute atomic E-state index is 5.58. The molecule has 0 amide bonds. The first-order valence-corrected chi connectivity index (χ1v) is 11.5. The molecule has 0 aromatic carbocycles. The number of hydrogen-bond acceptors (Lipinski definition) is 5. The van der Waals surface area contributed by atoms with E-state index in [4.69, 9.17) is 9.47 Å². The molecule has 168 valence electrons. The van der Waals surface area contributed by atoms with Crippen LogP contribution in [0.5, 0.6) is 0 Å². The molecule has 2 rings (SSSR count). The number of piperazine rings is 1. The van der Waals surface area contributed by atoms with E-state index in [0.29, 0.717) is 18.2 Å². The third-order valence-corrected chi connectivity index (χ3v) is 6.19. The molecule has 28 heavy (non-hydrogen) atoms. The smallest absolute Gasteiger partial charge is 0.0630 e. The highest BCUT2D eigenvalue weighted by atomic mass is 16.5. The van der Waals surface area contributed by atoms with E-state index in [2.05, 4.69) is 63.3 Å². The first kappa shape index (κ1) is 25.8. The van der Waals surface area contributed by atoms with Gasteiger partial charge in [0.1, 0.15) is 0 Å². The van der Waals surface area contributed by atoms with Crippen molar-refractivity contribution in [2.75, 3.05) is 66.6 Å². The Kier molecular flexibility index (Phi) is 12.8. The Hall–Kier alpha value is -0.200. The lowest BCUT2D eigenvalue weighted by Crippen LogP contribution is -2.55. The normalized spacial score (nSPS) is 23.5. The zero-order valence-electron chi connectivity index (χ0n) is 20.1. The number of hydrogen-bond donors (Lipinski definition) is 0. The van der Waals surface area contributed by atoms with Gasteiger partial charge in [0.15, 0.2) is 0 Å². The molecule has 0 aromatic heterocycles. The molecule has 1 atom stereocenters. The van der Waals surface area contributed by atoms with Crippen LogP contribution in [0.2, 0.25) is 0 Å². The molecule has 0 saturated carbocycles. The van der Waals surface area contributed by atoms with Crippen molar-refractivity contribution in [3.63, 3.8) is 0 Å². The van der Waals surface area contributed by atoms with Crippen molar-refractivity contribution in [3.8, 4) is 0 Å². The van der Waals surface area contributed by atoms with Crippen molar-refractivity contribution >= 4 is 0 Å². The van der Waals surface area contributed by atoms with Gasteiger partial charge in [0.05, 0.1) is 19.3 Å². The van der Waals surface area contributed by atoms with Crippen LogP contribution in [0.1, 0.15) is 54.4 Å². The van der Waals surface area contributed by atoms with Crippen molar-refractivity contribution in [1.82, 2.24) is 14.7 Å². The van der Waals surface area contributed by atoms with Crippen LogP contribution in [0.15, 0.2) is 0 Å². The summed E-state index contributed by atoms with van der Waals surface area (Å²) in [6, 6.07) is 1.21. The SMILES string of the molecule is CC(C)OCCN1CCC(C(C)C)CC1.COCC1CN(C)CCN1C(C)C. The van der Waals surface area contributed by atoms with E-state index in [1.165, 1.54) is 39.0 Å². The van der Waals surface area contributed by atoms with Crippen molar-refractivity contribution < 1.29 is 9.47 Å². The Morgan fingerprint density at radius 1 is 0.929 bits per heavy atom.